The number of nitrogen functional groups attached to an aromatic ring is 1. The Morgan fingerprint density at radius 3 is 3.06 bits per heavy atom. The van der Waals surface area contributed by atoms with Gasteiger partial charge >= 0.3 is 5.97 Å². The van der Waals surface area contributed by atoms with E-state index >= 15 is 0 Å². The van der Waals surface area contributed by atoms with E-state index in [0.29, 0.717) is 18.1 Å². The van der Waals surface area contributed by atoms with Gasteiger partial charge in [0.25, 0.3) is 0 Å². The summed E-state index contributed by atoms with van der Waals surface area (Å²) in [5.74, 6) is -0.0258. The number of esters is 1. The summed E-state index contributed by atoms with van der Waals surface area (Å²) in [6.45, 7) is 0.562. The van der Waals surface area contributed by atoms with Gasteiger partial charge in [0.15, 0.2) is 11.5 Å². The third kappa shape index (κ3) is 2.75. The van der Waals surface area contributed by atoms with Gasteiger partial charge in [-0.15, -0.1) is 11.3 Å². The fourth-order valence-electron chi connectivity index (χ4n) is 1.33. The van der Waals surface area contributed by atoms with Crippen LogP contribution >= 0.6 is 11.3 Å². The Morgan fingerprint density at radius 2 is 2.39 bits per heavy atom. The van der Waals surface area contributed by atoms with Crippen molar-refractivity contribution in [2.75, 3.05) is 18.2 Å². The Morgan fingerprint density at radius 1 is 1.56 bits per heavy atom. The molecule has 2 rings (SSSR count). The maximum Gasteiger partial charge on any atom is 0.356 e. The molecule has 0 aliphatic carbocycles. The van der Waals surface area contributed by atoms with Crippen LogP contribution in [0.25, 0.3) is 0 Å². The van der Waals surface area contributed by atoms with Gasteiger partial charge in [0.1, 0.15) is 0 Å². The second-order valence-corrected chi connectivity index (χ2v) is 4.42. The van der Waals surface area contributed by atoms with E-state index in [2.05, 4.69) is 20.0 Å². The molecule has 7 heteroatoms. The zero-order valence-electron chi connectivity index (χ0n) is 9.71. The molecule has 2 aromatic heterocycles. The monoisotopic (exact) mass is 264 g/mol. The molecule has 0 unspecified atom stereocenters. The number of rotatable bonds is 4. The van der Waals surface area contributed by atoms with Crippen LogP contribution in [0.5, 0.6) is 0 Å². The highest BCUT2D eigenvalue weighted by atomic mass is 32.1. The number of carbonyl (C=O) groups excluding carboxylic acids is 1. The van der Waals surface area contributed by atoms with Gasteiger partial charge in [-0.05, 0) is 12.1 Å². The molecule has 0 spiro atoms. The van der Waals surface area contributed by atoms with Crippen LogP contribution in [0.15, 0.2) is 23.8 Å². The first-order valence-corrected chi connectivity index (χ1v) is 6.04. The number of hydrogen-bond acceptors (Lipinski definition) is 7. The van der Waals surface area contributed by atoms with Gasteiger partial charge in [0, 0.05) is 11.1 Å². The molecule has 94 valence electrons. The second kappa shape index (κ2) is 5.46. The highest BCUT2D eigenvalue weighted by Crippen LogP contribution is 2.18. The predicted octanol–water partition coefficient (Wildman–Crippen LogP) is 1.52. The molecule has 3 N–H and O–H groups in total. The Bertz CT molecular complexity index is 542. The Hall–Kier alpha value is -2.15. The van der Waals surface area contributed by atoms with Crippen molar-refractivity contribution >= 4 is 28.8 Å². The van der Waals surface area contributed by atoms with Gasteiger partial charge in [-0.2, -0.15) is 0 Å². The quantitative estimate of drug-likeness (QED) is 0.814. The minimum absolute atomic E-state index is 0.221. The van der Waals surface area contributed by atoms with E-state index < -0.39 is 5.97 Å². The van der Waals surface area contributed by atoms with Gasteiger partial charge in [-0.1, -0.05) is 0 Å². The van der Waals surface area contributed by atoms with E-state index in [-0.39, 0.29) is 5.69 Å². The van der Waals surface area contributed by atoms with Crippen molar-refractivity contribution in [1.29, 1.82) is 0 Å². The van der Waals surface area contributed by atoms with Crippen LogP contribution in [0.4, 0.5) is 11.5 Å². The minimum Gasteiger partial charge on any atom is -0.464 e. The van der Waals surface area contributed by atoms with Gasteiger partial charge in [-0.3, -0.25) is 4.98 Å². The minimum atomic E-state index is -0.490. The van der Waals surface area contributed by atoms with Gasteiger partial charge in [0.05, 0.1) is 24.9 Å². The van der Waals surface area contributed by atoms with Gasteiger partial charge < -0.3 is 15.8 Å². The summed E-state index contributed by atoms with van der Waals surface area (Å²) in [7, 11) is 1.31. The summed E-state index contributed by atoms with van der Waals surface area (Å²) in [4.78, 5) is 20.5. The number of aromatic nitrogens is 2. The van der Waals surface area contributed by atoms with Crippen LogP contribution in [0.1, 0.15) is 15.4 Å². The molecule has 18 heavy (non-hydrogen) atoms. The fraction of sp³-hybridized carbons (Fsp3) is 0.182. The van der Waals surface area contributed by atoms with Crippen molar-refractivity contribution in [3.05, 3.63) is 34.4 Å². The molecule has 0 aliphatic heterocycles. The summed E-state index contributed by atoms with van der Waals surface area (Å²) in [6, 6.07) is 3.15. The van der Waals surface area contributed by atoms with Crippen molar-refractivity contribution in [1.82, 2.24) is 9.97 Å². The predicted molar refractivity (Wildman–Crippen MR) is 69.4 cm³/mol. The Balaban J connectivity index is 2.13. The molecule has 6 nitrogen and oxygen atoms in total. The Labute approximate surface area is 108 Å². The standard InChI is InChI=1S/C11H12N4O2S/c1-17-11(16)9-3-2-8(12)10(15-9)14-5-7-4-13-6-18-7/h2-4,6H,5,12H2,1H3,(H,14,15). The molecule has 0 saturated carbocycles. The summed E-state index contributed by atoms with van der Waals surface area (Å²) in [5, 5.41) is 3.06. The highest BCUT2D eigenvalue weighted by Gasteiger charge is 2.10. The lowest BCUT2D eigenvalue weighted by molar-refractivity contribution is 0.0594. The van der Waals surface area contributed by atoms with E-state index in [4.69, 9.17) is 5.73 Å². The molecule has 0 bridgehead atoms. The molecular weight excluding hydrogens is 252 g/mol. The van der Waals surface area contributed by atoms with E-state index in [0.717, 1.165) is 4.88 Å². The Kier molecular flexibility index (Phi) is 3.73. The van der Waals surface area contributed by atoms with Crippen LogP contribution in [0.3, 0.4) is 0 Å². The summed E-state index contributed by atoms with van der Waals surface area (Å²) in [5.41, 5.74) is 8.23. The van der Waals surface area contributed by atoms with Gasteiger partial charge in [-0.25, -0.2) is 9.78 Å². The average Bonchev–Trinajstić information content (AvgIpc) is 2.90. The maximum atomic E-state index is 11.3. The number of carbonyl (C=O) groups is 1. The molecule has 2 aromatic rings. The molecule has 2 heterocycles. The molecule has 0 aliphatic rings. The van der Waals surface area contributed by atoms with Crippen LogP contribution < -0.4 is 11.1 Å². The molecule has 0 radical (unpaired) electrons. The molecular formula is C11H12N4O2S. The highest BCUT2D eigenvalue weighted by molar-refractivity contribution is 7.09. The summed E-state index contributed by atoms with van der Waals surface area (Å²) < 4.78 is 4.60. The van der Waals surface area contributed by atoms with Crippen LogP contribution in [0.2, 0.25) is 0 Å². The molecule has 0 fully saturated rings. The fourth-order valence-corrected chi connectivity index (χ4v) is 1.86. The first-order chi connectivity index (χ1) is 8.70. The first kappa shape index (κ1) is 12.3. The average molecular weight is 264 g/mol. The summed E-state index contributed by atoms with van der Waals surface area (Å²) >= 11 is 1.53. The van der Waals surface area contributed by atoms with Crippen molar-refractivity contribution in [3.63, 3.8) is 0 Å². The third-order valence-corrected chi connectivity index (χ3v) is 3.01. The number of methoxy groups -OCH3 is 1. The van der Waals surface area contributed by atoms with E-state index in [1.807, 2.05) is 0 Å². The van der Waals surface area contributed by atoms with Crippen molar-refractivity contribution in [2.45, 2.75) is 6.54 Å². The zero-order chi connectivity index (χ0) is 13.0. The van der Waals surface area contributed by atoms with Crippen LogP contribution in [0, 0.1) is 0 Å². The van der Waals surface area contributed by atoms with Gasteiger partial charge in [0.2, 0.25) is 0 Å². The lowest BCUT2D eigenvalue weighted by Gasteiger charge is -2.08. The lowest BCUT2D eigenvalue weighted by Crippen LogP contribution is -2.09. The summed E-state index contributed by atoms with van der Waals surface area (Å²) in [6.07, 6.45) is 1.76. The number of hydrogen-bond donors (Lipinski definition) is 2. The topological polar surface area (TPSA) is 90.1 Å². The van der Waals surface area contributed by atoms with E-state index in [9.17, 15) is 4.79 Å². The smallest absolute Gasteiger partial charge is 0.356 e. The first-order valence-electron chi connectivity index (χ1n) is 5.17. The number of anilines is 2. The molecule has 0 amide bonds. The number of nitrogens with one attached hydrogen (secondary N) is 1. The number of nitrogens with two attached hydrogens (primary N) is 1. The van der Waals surface area contributed by atoms with Crippen LogP contribution in [-0.4, -0.2) is 23.0 Å². The second-order valence-electron chi connectivity index (χ2n) is 3.45. The van der Waals surface area contributed by atoms with E-state index in [1.165, 1.54) is 24.5 Å². The maximum absolute atomic E-state index is 11.3. The third-order valence-electron chi connectivity index (χ3n) is 2.23. The number of thiazole rings is 1. The van der Waals surface area contributed by atoms with Crippen molar-refractivity contribution in [3.8, 4) is 0 Å². The van der Waals surface area contributed by atoms with Crippen molar-refractivity contribution < 1.29 is 9.53 Å². The molecule has 0 aromatic carbocycles. The lowest BCUT2D eigenvalue weighted by atomic mass is 10.3. The van der Waals surface area contributed by atoms with E-state index in [1.54, 1.807) is 17.8 Å². The largest absolute Gasteiger partial charge is 0.464 e. The number of pyridine rings is 1. The normalized spacial score (nSPS) is 10.1. The number of nitrogens with zero attached hydrogens (tertiary/aromatic N) is 2. The van der Waals surface area contributed by atoms with Crippen molar-refractivity contribution in [2.24, 2.45) is 0 Å². The zero-order valence-corrected chi connectivity index (χ0v) is 10.5. The van der Waals surface area contributed by atoms with Crippen LogP contribution in [-0.2, 0) is 11.3 Å². The number of ether oxygens (including phenoxy) is 1. The SMILES string of the molecule is COC(=O)c1ccc(N)c(NCc2cncs2)n1. The molecule has 0 atom stereocenters. The molecule has 0 saturated heterocycles.